The Morgan fingerprint density at radius 2 is 1.75 bits per heavy atom. The molecule has 0 N–H and O–H groups in total. The van der Waals surface area contributed by atoms with Crippen molar-refractivity contribution in [1.82, 2.24) is 30.0 Å². The second kappa shape index (κ2) is 6.18. The van der Waals surface area contributed by atoms with Crippen LogP contribution >= 0.6 is 0 Å². The first-order valence-corrected chi connectivity index (χ1v) is 7.96. The van der Waals surface area contributed by atoms with Crippen LogP contribution in [0.4, 0.5) is 0 Å². The molecule has 1 aromatic heterocycles. The molecular formula is C14H26N6. The van der Waals surface area contributed by atoms with E-state index >= 15 is 0 Å². The average molecular weight is 278 g/mol. The lowest BCUT2D eigenvalue weighted by atomic mass is 9.95. The van der Waals surface area contributed by atoms with Crippen LogP contribution in [-0.2, 0) is 0 Å². The molecule has 20 heavy (non-hydrogen) atoms. The summed E-state index contributed by atoms with van der Waals surface area (Å²) in [6.07, 6.45) is 6.45. The van der Waals surface area contributed by atoms with Crippen molar-refractivity contribution in [1.29, 1.82) is 0 Å². The summed E-state index contributed by atoms with van der Waals surface area (Å²) in [6, 6.07) is 0.837. The summed E-state index contributed by atoms with van der Waals surface area (Å²) in [4.78, 5) is 4.89. The van der Waals surface area contributed by atoms with Crippen LogP contribution in [-0.4, -0.2) is 63.2 Å². The van der Waals surface area contributed by atoms with Crippen LogP contribution in [0.25, 0.3) is 0 Å². The van der Waals surface area contributed by atoms with Gasteiger partial charge in [0.25, 0.3) is 0 Å². The van der Waals surface area contributed by atoms with E-state index in [1.165, 1.54) is 32.1 Å². The molecule has 1 aliphatic carbocycles. The second-order valence-electron chi connectivity index (χ2n) is 6.29. The Morgan fingerprint density at radius 1 is 1.05 bits per heavy atom. The largest absolute Gasteiger partial charge is 0.304 e. The molecule has 0 unspecified atom stereocenters. The summed E-state index contributed by atoms with van der Waals surface area (Å²) in [7, 11) is 2.19. The lowest BCUT2D eigenvalue weighted by Gasteiger charge is -2.36. The maximum atomic E-state index is 4.33. The molecule has 2 aliphatic rings. The summed E-state index contributed by atoms with van der Waals surface area (Å²) < 4.78 is 2.11. The molecule has 1 atom stereocenters. The summed E-state index contributed by atoms with van der Waals surface area (Å²) in [5, 5.41) is 12.6. The molecule has 0 aromatic carbocycles. The van der Waals surface area contributed by atoms with Gasteiger partial charge in [-0.05, 0) is 37.2 Å². The zero-order chi connectivity index (χ0) is 13.9. The molecule has 0 spiro atoms. The van der Waals surface area contributed by atoms with Gasteiger partial charge in [0.1, 0.15) is 0 Å². The van der Waals surface area contributed by atoms with Crippen molar-refractivity contribution in [2.75, 3.05) is 33.2 Å². The third-order valence-electron chi connectivity index (χ3n) is 4.90. The molecule has 6 heteroatoms. The molecule has 0 radical (unpaired) electrons. The second-order valence-corrected chi connectivity index (χ2v) is 6.29. The average Bonchev–Trinajstić information content (AvgIpc) is 2.97. The Labute approximate surface area is 121 Å². The Bertz CT molecular complexity index is 417. The summed E-state index contributed by atoms with van der Waals surface area (Å²) in [5.74, 6) is 1.06. The Morgan fingerprint density at radius 3 is 2.45 bits per heavy atom. The monoisotopic (exact) mass is 278 g/mol. The number of hydrogen-bond acceptors (Lipinski definition) is 5. The fraction of sp³-hybridized carbons (Fsp3) is 0.929. The topological polar surface area (TPSA) is 50.1 Å². The smallest absolute Gasteiger partial charge is 0.168 e. The highest BCUT2D eigenvalue weighted by molar-refractivity contribution is 4.95. The zero-order valence-corrected chi connectivity index (χ0v) is 12.7. The summed E-state index contributed by atoms with van der Waals surface area (Å²) >= 11 is 0. The molecule has 1 saturated heterocycles. The number of aromatic nitrogens is 4. The van der Waals surface area contributed by atoms with Gasteiger partial charge in [0.05, 0.1) is 12.1 Å². The highest BCUT2D eigenvalue weighted by atomic mass is 15.6. The number of rotatable bonds is 3. The van der Waals surface area contributed by atoms with Crippen molar-refractivity contribution >= 4 is 0 Å². The van der Waals surface area contributed by atoms with Crippen LogP contribution in [0.3, 0.4) is 0 Å². The van der Waals surface area contributed by atoms with Gasteiger partial charge in [-0.3, -0.25) is 4.90 Å². The SMILES string of the molecule is C[C@H](c1nnnn1C1CCCCC1)N1CCN(C)CC1. The Kier molecular flexibility index (Phi) is 4.31. The van der Waals surface area contributed by atoms with Gasteiger partial charge in [-0.1, -0.05) is 19.3 Å². The van der Waals surface area contributed by atoms with Gasteiger partial charge in [-0.2, -0.15) is 0 Å². The molecule has 112 valence electrons. The van der Waals surface area contributed by atoms with Crippen molar-refractivity contribution in [3.05, 3.63) is 5.82 Å². The maximum Gasteiger partial charge on any atom is 0.168 e. The van der Waals surface area contributed by atoms with Crippen molar-refractivity contribution in [2.45, 2.75) is 51.1 Å². The van der Waals surface area contributed by atoms with Crippen LogP contribution in [0.15, 0.2) is 0 Å². The van der Waals surface area contributed by atoms with E-state index in [1.54, 1.807) is 0 Å². The fourth-order valence-electron chi connectivity index (χ4n) is 3.43. The molecule has 1 aliphatic heterocycles. The number of hydrogen-bond donors (Lipinski definition) is 0. The third kappa shape index (κ3) is 2.86. The maximum absolute atomic E-state index is 4.33. The van der Waals surface area contributed by atoms with E-state index in [0.717, 1.165) is 32.0 Å². The number of likely N-dealkylation sites (N-methyl/N-ethyl adjacent to an activating group) is 1. The van der Waals surface area contributed by atoms with Gasteiger partial charge in [0, 0.05) is 26.2 Å². The van der Waals surface area contributed by atoms with Crippen LogP contribution in [0.1, 0.15) is 56.9 Å². The molecule has 2 fully saturated rings. The van der Waals surface area contributed by atoms with Gasteiger partial charge in [-0.15, -0.1) is 5.10 Å². The first kappa shape index (κ1) is 13.9. The highest BCUT2D eigenvalue weighted by Gasteiger charge is 2.27. The molecular weight excluding hydrogens is 252 g/mol. The molecule has 0 amide bonds. The summed E-state index contributed by atoms with van der Waals surface area (Å²) in [6.45, 7) is 6.73. The standard InChI is InChI=1S/C14H26N6/c1-12(19-10-8-18(2)9-11-19)14-15-16-17-20(14)13-6-4-3-5-7-13/h12-13H,3-11H2,1-2H3/t12-/m1/s1. The van der Waals surface area contributed by atoms with Crippen LogP contribution in [0, 0.1) is 0 Å². The fourth-order valence-corrected chi connectivity index (χ4v) is 3.43. The van der Waals surface area contributed by atoms with Gasteiger partial charge >= 0.3 is 0 Å². The molecule has 6 nitrogen and oxygen atoms in total. The van der Waals surface area contributed by atoms with E-state index in [0.29, 0.717) is 12.1 Å². The Balaban J connectivity index is 1.71. The van der Waals surface area contributed by atoms with Crippen molar-refractivity contribution in [3.8, 4) is 0 Å². The van der Waals surface area contributed by atoms with Crippen LogP contribution < -0.4 is 0 Å². The predicted octanol–water partition coefficient (Wildman–Crippen LogP) is 1.49. The first-order chi connectivity index (χ1) is 9.75. The normalized spacial score (nSPS) is 24.9. The minimum absolute atomic E-state index is 0.320. The molecule has 1 saturated carbocycles. The predicted molar refractivity (Wildman–Crippen MR) is 77.4 cm³/mol. The minimum atomic E-state index is 0.320. The molecule has 3 rings (SSSR count). The van der Waals surface area contributed by atoms with E-state index in [4.69, 9.17) is 0 Å². The van der Waals surface area contributed by atoms with Crippen molar-refractivity contribution in [2.24, 2.45) is 0 Å². The van der Waals surface area contributed by atoms with Crippen molar-refractivity contribution in [3.63, 3.8) is 0 Å². The van der Waals surface area contributed by atoms with Crippen LogP contribution in [0.5, 0.6) is 0 Å². The number of nitrogens with zero attached hydrogens (tertiary/aromatic N) is 6. The van der Waals surface area contributed by atoms with Crippen LogP contribution in [0.2, 0.25) is 0 Å². The molecule has 1 aromatic rings. The molecule has 0 bridgehead atoms. The van der Waals surface area contributed by atoms with E-state index < -0.39 is 0 Å². The van der Waals surface area contributed by atoms with E-state index in [9.17, 15) is 0 Å². The number of piperazine rings is 1. The molecule has 2 heterocycles. The zero-order valence-electron chi connectivity index (χ0n) is 12.7. The lowest BCUT2D eigenvalue weighted by molar-refractivity contribution is 0.111. The Hall–Kier alpha value is -1.01. The van der Waals surface area contributed by atoms with Gasteiger partial charge in [-0.25, -0.2) is 4.68 Å². The van der Waals surface area contributed by atoms with E-state index in [1.807, 2.05) is 0 Å². The quantitative estimate of drug-likeness (QED) is 0.838. The van der Waals surface area contributed by atoms with Gasteiger partial charge < -0.3 is 4.90 Å². The minimum Gasteiger partial charge on any atom is -0.304 e. The third-order valence-corrected chi connectivity index (χ3v) is 4.90. The summed E-state index contributed by atoms with van der Waals surface area (Å²) in [5.41, 5.74) is 0. The van der Waals surface area contributed by atoms with Gasteiger partial charge in [0.2, 0.25) is 0 Å². The lowest BCUT2D eigenvalue weighted by Crippen LogP contribution is -2.45. The number of tetrazole rings is 1. The van der Waals surface area contributed by atoms with E-state index in [-0.39, 0.29) is 0 Å². The van der Waals surface area contributed by atoms with Gasteiger partial charge in [0.15, 0.2) is 5.82 Å². The van der Waals surface area contributed by atoms with Crippen molar-refractivity contribution < 1.29 is 0 Å². The first-order valence-electron chi connectivity index (χ1n) is 7.96. The highest BCUT2D eigenvalue weighted by Crippen LogP contribution is 2.30. The van der Waals surface area contributed by atoms with E-state index in [2.05, 4.69) is 44.0 Å².